The monoisotopic (exact) mass is 411 g/mol. The summed E-state index contributed by atoms with van der Waals surface area (Å²) in [5.41, 5.74) is -1.22. The van der Waals surface area contributed by atoms with Crippen LogP contribution in [0.15, 0.2) is 78.9 Å². The molecule has 0 fully saturated rings. The van der Waals surface area contributed by atoms with Crippen LogP contribution in [-0.4, -0.2) is 12.6 Å². The minimum absolute atomic E-state index is 0.0582. The first-order valence-corrected chi connectivity index (χ1v) is 9.36. The zero-order chi connectivity index (χ0) is 21.6. The van der Waals surface area contributed by atoms with Crippen LogP contribution in [0.1, 0.15) is 18.1 Å². The molecule has 3 aromatic carbocycles. The molecule has 154 valence electrons. The summed E-state index contributed by atoms with van der Waals surface area (Å²) in [5.74, 6) is -4.14. The van der Waals surface area contributed by atoms with E-state index in [4.69, 9.17) is 4.74 Å². The number of hydrogen-bond donors (Lipinski definition) is 1. The van der Waals surface area contributed by atoms with Crippen molar-refractivity contribution in [2.45, 2.75) is 12.5 Å². The molecule has 0 aliphatic rings. The summed E-state index contributed by atoms with van der Waals surface area (Å²) in [6.07, 6.45) is 3.13. The van der Waals surface area contributed by atoms with Gasteiger partial charge in [0, 0.05) is 12.1 Å². The molecule has 0 aromatic heterocycles. The second-order valence-corrected chi connectivity index (χ2v) is 6.51. The van der Waals surface area contributed by atoms with E-state index in [1.54, 1.807) is 43.3 Å². The smallest absolute Gasteiger partial charge is 0.340 e. The van der Waals surface area contributed by atoms with Crippen molar-refractivity contribution in [2.75, 3.05) is 11.9 Å². The third-order valence-electron chi connectivity index (χ3n) is 4.48. The highest BCUT2D eigenvalue weighted by atomic mass is 19.1. The van der Waals surface area contributed by atoms with E-state index in [9.17, 15) is 18.0 Å². The Kier molecular flexibility index (Phi) is 6.57. The van der Waals surface area contributed by atoms with Crippen LogP contribution in [0.25, 0.3) is 6.08 Å². The number of carbonyl (C=O) groups excluding carboxylic acids is 1. The highest BCUT2D eigenvalue weighted by Gasteiger charge is 2.41. The van der Waals surface area contributed by atoms with Crippen molar-refractivity contribution < 1.29 is 22.7 Å². The zero-order valence-corrected chi connectivity index (χ0v) is 16.2. The number of ether oxygens (including phenoxy) is 1. The Balaban J connectivity index is 2.20. The maximum Gasteiger partial charge on any atom is 0.340 e. The van der Waals surface area contributed by atoms with Crippen molar-refractivity contribution in [1.29, 1.82) is 0 Å². The molecule has 0 aliphatic carbocycles. The van der Waals surface area contributed by atoms with E-state index in [1.165, 1.54) is 6.08 Å². The van der Waals surface area contributed by atoms with Gasteiger partial charge in [0.25, 0.3) is 0 Å². The normalized spacial score (nSPS) is 13.1. The molecule has 0 spiro atoms. The van der Waals surface area contributed by atoms with Gasteiger partial charge in [-0.15, -0.1) is 0 Å². The summed E-state index contributed by atoms with van der Waals surface area (Å²) < 4.78 is 47.6. The highest BCUT2D eigenvalue weighted by Crippen LogP contribution is 2.33. The summed E-state index contributed by atoms with van der Waals surface area (Å²) in [5, 5.41) is 2.65. The van der Waals surface area contributed by atoms with Gasteiger partial charge in [0.15, 0.2) is 17.2 Å². The summed E-state index contributed by atoms with van der Waals surface area (Å²) in [4.78, 5) is 13.1. The fourth-order valence-electron chi connectivity index (χ4n) is 3.04. The van der Waals surface area contributed by atoms with E-state index in [1.807, 2.05) is 30.3 Å². The Morgan fingerprint density at radius 2 is 1.53 bits per heavy atom. The molecule has 30 heavy (non-hydrogen) atoms. The average molecular weight is 411 g/mol. The van der Waals surface area contributed by atoms with Gasteiger partial charge in [-0.3, -0.25) is 0 Å². The first kappa shape index (κ1) is 21.2. The van der Waals surface area contributed by atoms with Crippen molar-refractivity contribution in [2.24, 2.45) is 0 Å². The maximum absolute atomic E-state index is 14.5. The fourth-order valence-corrected chi connectivity index (χ4v) is 3.04. The maximum atomic E-state index is 14.5. The van der Waals surface area contributed by atoms with Gasteiger partial charge < -0.3 is 10.1 Å². The number of rotatable bonds is 7. The highest BCUT2D eigenvalue weighted by molar-refractivity contribution is 5.90. The molecule has 3 rings (SSSR count). The van der Waals surface area contributed by atoms with Gasteiger partial charge in [-0.2, -0.15) is 0 Å². The van der Waals surface area contributed by atoms with E-state index >= 15 is 0 Å². The van der Waals surface area contributed by atoms with Crippen molar-refractivity contribution in [3.8, 4) is 0 Å². The van der Waals surface area contributed by atoms with Crippen molar-refractivity contribution in [3.63, 3.8) is 0 Å². The first-order chi connectivity index (χ1) is 14.5. The largest absolute Gasteiger partial charge is 0.464 e. The summed E-state index contributed by atoms with van der Waals surface area (Å²) in [6, 6.07) is 18.6. The molecule has 0 saturated heterocycles. The van der Waals surface area contributed by atoms with Gasteiger partial charge >= 0.3 is 5.97 Å². The van der Waals surface area contributed by atoms with E-state index in [0.717, 1.165) is 5.56 Å². The predicted molar refractivity (Wildman–Crippen MR) is 110 cm³/mol. The third kappa shape index (κ3) is 4.54. The number of benzene rings is 3. The van der Waals surface area contributed by atoms with Gasteiger partial charge in [0.1, 0.15) is 11.5 Å². The number of carbonyl (C=O) groups is 1. The van der Waals surface area contributed by atoms with Crippen LogP contribution in [0.4, 0.5) is 18.9 Å². The SMILES string of the molecule is CCOC(=O)C(/C=C/c1ccccc1)(Nc1c(F)cc(F)cc1F)c1ccccc1. The lowest BCUT2D eigenvalue weighted by atomic mass is 9.88. The predicted octanol–water partition coefficient (Wildman–Crippen LogP) is 5.69. The Morgan fingerprint density at radius 1 is 0.967 bits per heavy atom. The Bertz CT molecular complexity index is 1020. The quantitative estimate of drug-likeness (QED) is 0.508. The molecular weight excluding hydrogens is 391 g/mol. The van der Waals surface area contributed by atoms with Gasteiger partial charge in [-0.05, 0) is 24.1 Å². The van der Waals surface area contributed by atoms with Crippen molar-refractivity contribution >= 4 is 17.7 Å². The molecule has 0 radical (unpaired) electrons. The number of nitrogens with one attached hydrogen (secondary N) is 1. The van der Waals surface area contributed by atoms with E-state index in [-0.39, 0.29) is 6.61 Å². The molecular formula is C24H20F3NO2. The molecule has 0 amide bonds. The lowest BCUT2D eigenvalue weighted by molar-refractivity contribution is -0.147. The van der Waals surface area contributed by atoms with Crippen LogP contribution in [0.2, 0.25) is 0 Å². The van der Waals surface area contributed by atoms with Gasteiger partial charge in [0.2, 0.25) is 0 Å². The van der Waals surface area contributed by atoms with Crippen molar-refractivity contribution in [1.82, 2.24) is 0 Å². The van der Waals surface area contributed by atoms with Crippen LogP contribution in [-0.2, 0) is 15.1 Å². The van der Waals surface area contributed by atoms with Gasteiger partial charge in [0.05, 0.1) is 6.61 Å². The van der Waals surface area contributed by atoms with Gasteiger partial charge in [-0.25, -0.2) is 18.0 Å². The van der Waals surface area contributed by atoms with Crippen LogP contribution in [0.3, 0.4) is 0 Å². The molecule has 0 saturated carbocycles. The van der Waals surface area contributed by atoms with E-state index < -0.39 is 34.6 Å². The minimum Gasteiger partial charge on any atom is -0.464 e. The molecule has 0 aliphatic heterocycles. The number of hydrogen-bond acceptors (Lipinski definition) is 3. The summed E-state index contributed by atoms with van der Waals surface area (Å²) >= 11 is 0. The first-order valence-electron chi connectivity index (χ1n) is 9.36. The Labute approximate surface area is 172 Å². The van der Waals surface area contributed by atoms with Gasteiger partial charge in [-0.1, -0.05) is 66.7 Å². The number of halogens is 3. The molecule has 0 heterocycles. The fraction of sp³-hybridized carbons (Fsp3) is 0.125. The molecule has 1 unspecified atom stereocenters. The molecule has 1 atom stereocenters. The van der Waals surface area contributed by atoms with Crippen LogP contribution < -0.4 is 5.32 Å². The molecule has 3 aromatic rings. The van der Waals surface area contributed by atoms with E-state index in [0.29, 0.717) is 17.7 Å². The number of anilines is 1. The third-order valence-corrected chi connectivity index (χ3v) is 4.48. The minimum atomic E-state index is -1.76. The second kappa shape index (κ2) is 9.31. The van der Waals surface area contributed by atoms with Crippen LogP contribution in [0, 0.1) is 17.5 Å². The standard InChI is InChI=1S/C24H20F3NO2/c1-2-30-23(29)24(18-11-7-4-8-12-18,14-13-17-9-5-3-6-10-17)28-22-20(26)15-19(25)16-21(22)27/h3-16,28H,2H2,1H3/b14-13+. The molecule has 3 nitrogen and oxygen atoms in total. The zero-order valence-electron chi connectivity index (χ0n) is 16.2. The number of esters is 1. The Morgan fingerprint density at radius 3 is 2.10 bits per heavy atom. The average Bonchev–Trinajstić information content (AvgIpc) is 2.74. The topological polar surface area (TPSA) is 38.3 Å². The summed E-state index contributed by atoms with van der Waals surface area (Å²) in [6.45, 7) is 1.69. The van der Waals surface area contributed by atoms with Crippen LogP contribution >= 0.6 is 0 Å². The van der Waals surface area contributed by atoms with Crippen LogP contribution in [0.5, 0.6) is 0 Å². The lowest BCUT2D eigenvalue weighted by Gasteiger charge is -2.31. The van der Waals surface area contributed by atoms with Crippen molar-refractivity contribution in [3.05, 3.63) is 107 Å². The lowest BCUT2D eigenvalue weighted by Crippen LogP contribution is -2.43. The second-order valence-electron chi connectivity index (χ2n) is 6.51. The summed E-state index contributed by atoms with van der Waals surface area (Å²) in [7, 11) is 0. The van der Waals surface area contributed by atoms with E-state index in [2.05, 4.69) is 5.32 Å². The molecule has 6 heteroatoms. The Hall–Kier alpha value is -3.54. The molecule has 1 N–H and O–H groups in total. The molecule has 0 bridgehead atoms.